The van der Waals surface area contributed by atoms with Crippen LogP contribution in [0.25, 0.3) is 11.2 Å². The molecule has 4 fully saturated rings. The molecule has 16 nitrogen and oxygen atoms in total. The summed E-state index contributed by atoms with van der Waals surface area (Å²) in [6, 6.07) is 0. The van der Waals surface area contributed by atoms with Crippen molar-refractivity contribution in [3.05, 3.63) is 11.6 Å². The van der Waals surface area contributed by atoms with Crippen LogP contribution in [-0.4, -0.2) is 124 Å². The molecule has 4 aliphatic heterocycles. The van der Waals surface area contributed by atoms with Crippen LogP contribution in [-0.2, 0) is 18.4 Å². The molecule has 6 N–H and O–H groups in total. The first-order chi connectivity index (χ1) is 16.9. The van der Waals surface area contributed by atoms with Crippen molar-refractivity contribution in [2.45, 2.75) is 30.7 Å². The van der Waals surface area contributed by atoms with E-state index in [2.05, 4.69) is 30.1 Å². The Labute approximate surface area is 209 Å². The Bertz CT molecular complexity index is 1220. The van der Waals surface area contributed by atoms with Crippen LogP contribution in [0.15, 0.2) is 6.33 Å². The van der Waals surface area contributed by atoms with E-state index in [1.54, 1.807) is 0 Å². The third-order valence-electron chi connectivity index (χ3n) is 6.39. The Kier molecular flexibility index (Phi) is 7.18. The lowest BCUT2D eigenvalue weighted by Gasteiger charge is -2.47. The van der Waals surface area contributed by atoms with Crippen molar-refractivity contribution in [2.24, 2.45) is 0 Å². The molecule has 0 amide bonds. The molecular weight excluding hydrogens is 544 g/mol. The summed E-state index contributed by atoms with van der Waals surface area (Å²) in [7, 11) is -9.50. The van der Waals surface area contributed by atoms with E-state index in [0.29, 0.717) is 11.3 Å². The number of hydrogen-bond donors (Lipinski definition) is 6. The van der Waals surface area contributed by atoms with Crippen molar-refractivity contribution < 1.29 is 43.3 Å². The number of piperazine rings is 3. The standard InChI is InChI=1S/C17H26ClN7O9P2/c18-17-21-14(20-10-5-23-1-3-24(10)4-2-23)11-15(22-17)25(7-19-11)16-13(27)12(26)9(34-16)6-33-36(31,32)8-35(28,29)30/h7,9-10,12-13,16,26-27H,1-6,8H2,(H,31,32)(H,20,21,22)(H2,28,29,30)/t9-,10?,12+,13?,16-/m1/s1. The highest BCUT2D eigenvalue weighted by molar-refractivity contribution is 7.70. The highest BCUT2D eigenvalue weighted by Crippen LogP contribution is 2.55. The fourth-order valence-electron chi connectivity index (χ4n) is 4.65. The van der Waals surface area contributed by atoms with Crippen LogP contribution in [0.2, 0.25) is 5.28 Å². The van der Waals surface area contributed by atoms with E-state index >= 15 is 0 Å². The van der Waals surface area contributed by atoms with E-state index in [1.807, 2.05) is 0 Å². The predicted octanol–water partition coefficient (Wildman–Crippen LogP) is -1.19. The average Bonchev–Trinajstić information content (AvgIpc) is 3.33. The van der Waals surface area contributed by atoms with Gasteiger partial charge in [-0.1, -0.05) is 0 Å². The molecule has 200 valence electrons. The second kappa shape index (κ2) is 9.80. The van der Waals surface area contributed by atoms with Crippen molar-refractivity contribution in [1.29, 1.82) is 0 Å². The summed E-state index contributed by atoms with van der Waals surface area (Å²) in [5.41, 5.74) is 0.587. The van der Waals surface area contributed by atoms with Crippen LogP contribution in [0, 0.1) is 0 Å². The topological polar surface area (TPSA) is 216 Å². The molecule has 0 saturated carbocycles. The molecular formula is C17H26ClN7O9P2. The number of ether oxygens (including phenoxy) is 1. The number of rotatable bonds is 8. The minimum atomic E-state index is -4.82. The first-order valence-electron chi connectivity index (χ1n) is 11.1. The molecule has 4 saturated heterocycles. The number of fused-ring (bicyclic) bond motifs is 4. The number of aromatic nitrogens is 4. The molecule has 36 heavy (non-hydrogen) atoms. The predicted molar refractivity (Wildman–Crippen MR) is 124 cm³/mol. The highest BCUT2D eigenvalue weighted by atomic mass is 35.5. The van der Waals surface area contributed by atoms with Gasteiger partial charge in [-0.3, -0.25) is 23.5 Å². The van der Waals surface area contributed by atoms with Crippen molar-refractivity contribution in [2.75, 3.05) is 50.6 Å². The summed E-state index contributed by atoms with van der Waals surface area (Å²) < 4.78 is 34.7. The van der Waals surface area contributed by atoms with E-state index < -0.39 is 52.2 Å². The molecule has 2 bridgehead atoms. The number of hydrogen-bond acceptors (Lipinski definition) is 12. The molecule has 2 aromatic rings. The molecule has 2 aromatic heterocycles. The smallest absolute Gasteiger partial charge is 0.340 e. The Hall–Kier alpha value is -1.26. The van der Waals surface area contributed by atoms with Crippen LogP contribution in [0.4, 0.5) is 5.82 Å². The Morgan fingerprint density at radius 3 is 2.50 bits per heavy atom. The van der Waals surface area contributed by atoms with Gasteiger partial charge >= 0.3 is 15.2 Å². The largest absolute Gasteiger partial charge is 0.387 e. The Morgan fingerprint density at radius 1 is 1.14 bits per heavy atom. The molecule has 4 aliphatic rings. The van der Waals surface area contributed by atoms with Gasteiger partial charge in [0.2, 0.25) is 5.28 Å². The molecule has 19 heteroatoms. The minimum Gasteiger partial charge on any atom is -0.387 e. The summed E-state index contributed by atoms with van der Waals surface area (Å²) in [4.78, 5) is 45.0. The van der Waals surface area contributed by atoms with Gasteiger partial charge in [-0.25, -0.2) is 4.98 Å². The van der Waals surface area contributed by atoms with Crippen LogP contribution in [0.3, 0.4) is 0 Å². The van der Waals surface area contributed by atoms with Gasteiger partial charge in [-0.05, 0) is 11.6 Å². The van der Waals surface area contributed by atoms with Crippen LogP contribution in [0.1, 0.15) is 6.23 Å². The maximum Gasteiger partial charge on any atom is 0.340 e. The van der Waals surface area contributed by atoms with E-state index in [1.165, 1.54) is 10.9 Å². The quantitative estimate of drug-likeness (QED) is 0.163. The van der Waals surface area contributed by atoms with Crippen molar-refractivity contribution in [3.8, 4) is 0 Å². The van der Waals surface area contributed by atoms with E-state index in [4.69, 9.17) is 30.6 Å². The zero-order chi connectivity index (χ0) is 25.8. The average molecular weight is 570 g/mol. The van der Waals surface area contributed by atoms with Gasteiger partial charge in [-0.2, -0.15) is 9.97 Å². The summed E-state index contributed by atoms with van der Waals surface area (Å²) in [5, 5.41) is 24.3. The lowest BCUT2D eigenvalue weighted by Crippen LogP contribution is -2.63. The van der Waals surface area contributed by atoms with Gasteiger partial charge < -0.3 is 39.5 Å². The lowest BCUT2D eigenvalue weighted by atomic mass is 10.1. The van der Waals surface area contributed by atoms with Gasteiger partial charge in [0.15, 0.2) is 29.1 Å². The SMILES string of the molecule is O=P(O)(O)CP(=O)(O)OC[C@H]1O[C@@H](n2cnc3c(NC4CN5CCN4CC5)nc(Cl)nc32)C(O)[C@H]1O. The second-order valence-corrected chi connectivity index (χ2v) is 13.3. The first-order valence-corrected chi connectivity index (χ1v) is 15.0. The summed E-state index contributed by atoms with van der Waals surface area (Å²) in [5.74, 6) is -0.989. The number of aliphatic hydroxyl groups is 2. The van der Waals surface area contributed by atoms with Gasteiger partial charge in [0.1, 0.15) is 18.3 Å². The highest BCUT2D eigenvalue weighted by Gasteiger charge is 2.46. The van der Waals surface area contributed by atoms with E-state index in [9.17, 15) is 24.2 Å². The zero-order valence-corrected chi connectivity index (χ0v) is 21.3. The fraction of sp³-hybridized carbons (Fsp3) is 0.706. The Morgan fingerprint density at radius 2 is 1.86 bits per heavy atom. The van der Waals surface area contributed by atoms with Crippen LogP contribution >= 0.6 is 26.8 Å². The molecule has 6 heterocycles. The molecule has 0 aliphatic carbocycles. The van der Waals surface area contributed by atoms with Crippen molar-refractivity contribution in [1.82, 2.24) is 29.3 Å². The maximum atomic E-state index is 11.9. The van der Waals surface area contributed by atoms with Crippen LogP contribution in [0.5, 0.6) is 0 Å². The number of nitrogens with one attached hydrogen (secondary N) is 1. The number of imidazole rings is 1. The molecule has 0 radical (unpaired) electrons. The maximum absolute atomic E-state index is 11.9. The third-order valence-corrected chi connectivity index (χ3v) is 10.0. The lowest BCUT2D eigenvalue weighted by molar-refractivity contribution is -0.0483. The van der Waals surface area contributed by atoms with E-state index in [-0.39, 0.29) is 17.1 Å². The number of anilines is 1. The molecule has 3 unspecified atom stereocenters. The third kappa shape index (κ3) is 5.46. The van der Waals surface area contributed by atoms with Gasteiger partial charge in [0.25, 0.3) is 0 Å². The van der Waals surface area contributed by atoms with Crippen molar-refractivity contribution >= 4 is 43.8 Å². The van der Waals surface area contributed by atoms with Crippen LogP contribution < -0.4 is 5.32 Å². The fourth-order valence-corrected chi connectivity index (χ4v) is 7.38. The monoisotopic (exact) mass is 569 g/mol. The summed E-state index contributed by atoms with van der Waals surface area (Å²) in [6.07, 6.45) is -4.20. The van der Waals surface area contributed by atoms with Crippen molar-refractivity contribution in [3.63, 3.8) is 0 Å². The Balaban J connectivity index is 1.34. The molecule has 6 atom stereocenters. The molecule has 6 rings (SSSR count). The van der Waals surface area contributed by atoms with Gasteiger partial charge in [0.05, 0.1) is 19.1 Å². The number of halogens is 1. The number of nitrogens with zero attached hydrogens (tertiary/aromatic N) is 6. The van der Waals surface area contributed by atoms with Gasteiger partial charge in [0, 0.05) is 32.7 Å². The number of aliphatic hydroxyl groups excluding tert-OH is 2. The minimum absolute atomic E-state index is 0.00538. The molecule has 0 spiro atoms. The van der Waals surface area contributed by atoms with Gasteiger partial charge in [-0.15, -0.1) is 0 Å². The molecule has 0 aromatic carbocycles. The normalized spacial score (nSPS) is 34.2. The summed E-state index contributed by atoms with van der Waals surface area (Å²) in [6.45, 7) is 3.95. The zero-order valence-electron chi connectivity index (χ0n) is 18.7. The summed E-state index contributed by atoms with van der Waals surface area (Å²) >= 11 is 6.18. The second-order valence-electron chi connectivity index (χ2n) is 8.95. The first kappa shape index (κ1) is 26.4. The van der Waals surface area contributed by atoms with E-state index in [0.717, 1.165) is 32.7 Å².